The molecule has 2 heterocycles. The molecule has 2 aromatic carbocycles. The summed E-state index contributed by atoms with van der Waals surface area (Å²) in [5.41, 5.74) is 2.97. The molecule has 9 heteroatoms. The fourth-order valence-corrected chi connectivity index (χ4v) is 4.52. The maximum atomic E-state index is 12.9. The Bertz CT molecular complexity index is 1180. The summed E-state index contributed by atoms with van der Waals surface area (Å²) in [6.07, 6.45) is 0.101. The number of hydrogen-bond donors (Lipinski definition) is 1. The van der Waals surface area contributed by atoms with Crippen molar-refractivity contribution >= 4 is 46.1 Å². The maximum Gasteiger partial charge on any atom is 0.229 e. The molecule has 0 bridgehead atoms. The monoisotopic (exact) mass is 471 g/mol. The third-order valence-electron chi connectivity index (χ3n) is 5.28. The van der Waals surface area contributed by atoms with Crippen LogP contribution in [-0.4, -0.2) is 37.6 Å². The topological polar surface area (TPSA) is 80.8 Å². The van der Waals surface area contributed by atoms with E-state index in [-0.39, 0.29) is 24.8 Å². The molecular weight excluding hydrogens is 450 g/mol. The van der Waals surface area contributed by atoms with Gasteiger partial charge in [0.15, 0.2) is 0 Å². The van der Waals surface area contributed by atoms with E-state index in [1.54, 1.807) is 23.5 Å². The third kappa shape index (κ3) is 4.42. The number of hydrogen-bond acceptors (Lipinski definition) is 6. The largest absolute Gasteiger partial charge is 0.495 e. The van der Waals surface area contributed by atoms with Gasteiger partial charge in [-0.15, -0.1) is 11.3 Å². The Balaban J connectivity index is 1.50. The molecule has 1 aliphatic rings. The van der Waals surface area contributed by atoms with E-state index in [4.69, 9.17) is 21.1 Å². The van der Waals surface area contributed by atoms with E-state index >= 15 is 0 Å². The average molecular weight is 472 g/mol. The van der Waals surface area contributed by atoms with Crippen LogP contribution in [0.5, 0.6) is 11.5 Å². The van der Waals surface area contributed by atoms with Crippen molar-refractivity contribution in [1.82, 2.24) is 4.98 Å². The van der Waals surface area contributed by atoms with Gasteiger partial charge in [-0.05, 0) is 25.1 Å². The molecule has 0 saturated carbocycles. The highest BCUT2D eigenvalue weighted by Gasteiger charge is 2.36. The van der Waals surface area contributed by atoms with Gasteiger partial charge in [0.2, 0.25) is 11.8 Å². The Labute approximate surface area is 194 Å². The summed E-state index contributed by atoms with van der Waals surface area (Å²) in [5, 5.41) is 6.25. The molecule has 0 spiro atoms. The zero-order chi connectivity index (χ0) is 22.8. The number of amides is 2. The van der Waals surface area contributed by atoms with E-state index < -0.39 is 5.92 Å². The first-order valence-electron chi connectivity index (χ1n) is 9.95. The molecule has 166 valence electrons. The number of anilines is 2. The summed E-state index contributed by atoms with van der Waals surface area (Å²) in [4.78, 5) is 31.7. The highest BCUT2D eigenvalue weighted by atomic mass is 35.5. The van der Waals surface area contributed by atoms with Gasteiger partial charge in [-0.2, -0.15) is 0 Å². The van der Waals surface area contributed by atoms with Crippen molar-refractivity contribution < 1.29 is 19.1 Å². The fraction of sp³-hybridized carbons (Fsp3) is 0.261. The molecule has 1 saturated heterocycles. The number of thiazole rings is 1. The van der Waals surface area contributed by atoms with E-state index in [0.717, 1.165) is 16.3 Å². The van der Waals surface area contributed by atoms with Gasteiger partial charge in [0.25, 0.3) is 0 Å². The zero-order valence-corrected chi connectivity index (χ0v) is 19.4. The van der Waals surface area contributed by atoms with Gasteiger partial charge in [-0.25, -0.2) is 4.98 Å². The van der Waals surface area contributed by atoms with E-state index in [2.05, 4.69) is 10.3 Å². The number of halogens is 1. The van der Waals surface area contributed by atoms with Crippen LogP contribution in [0.2, 0.25) is 5.02 Å². The van der Waals surface area contributed by atoms with Crippen molar-refractivity contribution in [3.05, 3.63) is 51.8 Å². The minimum absolute atomic E-state index is 0.101. The number of aromatic nitrogens is 1. The van der Waals surface area contributed by atoms with Crippen LogP contribution >= 0.6 is 22.9 Å². The fourth-order valence-electron chi connectivity index (χ4n) is 3.67. The maximum absolute atomic E-state index is 12.9. The second kappa shape index (κ2) is 9.18. The number of ether oxygens (including phenoxy) is 2. The van der Waals surface area contributed by atoms with Crippen LogP contribution in [-0.2, 0) is 9.59 Å². The smallest absolute Gasteiger partial charge is 0.229 e. The Morgan fingerprint density at radius 2 is 2.00 bits per heavy atom. The van der Waals surface area contributed by atoms with E-state index in [0.29, 0.717) is 27.9 Å². The number of rotatable bonds is 6. The lowest BCUT2D eigenvalue weighted by atomic mass is 10.1. The quantitative estimate of drug-likeness (QED) is 0.559. The molecule has 0 unspecified atom stereocenters. The minimum atomic E-state index is -0.502. The summed E-state index contributed by atoms with van der Waals surface area (Å²) in [7, 11) is 3.01. The molecule has 3 aromatic rings. The van der Waals surface area contributed by atoms with Gasteiger partial charge < -0.3 is 19.7 Å². The molecule has 0 radical (unpaired) electrons. The predicted molar refractivity (Wildman–Crippen MR) is 126 cm³/mol. The average Bonchev–Trinajstić information content (AvgIpc) is 3.39. The van der Waals surface area contributed by atoms with Crippen LogP contribution in [0.1, 0.15) is 11.4 Å². The Morgan fingerprint density at radius 1 is 1.22 bits per heavy atom. The van der Waals surface area contributed by atoms with Crippen molar-refractivity contribution in [1.29, 1.82) is 0 Å². The van der Waals surface area contributed by atoms with Crippen molar-refractivity contribution in [2.24, 2.45) is 5.92 Å². The van der Waals surface area contributed by atoms with Crippen LogP contribution in [0.25, 0.3) is 11.3 Å². The molecule has 1 fully saturated rings. The standard InChI is InChI=1S/C23H22ClN3O4S/c1-13-25-18(12-32-13)14-5-4-6-16(7-14)26-23(29)15-8-22(28)27(11-15)19-9-17(24)20(30-2)10-21(19)31-3/h4-7,9-10,12,15H,8,11H2,1-3H3,(H,26,29)/t15-/m0/s1. The highest BCUT2D eigenvalue weighted by molar-refractivity contribution is 7.09. The number of methoxy groups -OCH3 is 2. The lowest BCUT2D eigenvalue weighted by molar-refractivity contribution is -0.122. The molecule has 1 aliphatic heterocycles. The SMILES string of the molecule is COc1cc(OC)c(N2C[C@@H](C(=O)Nc3cccc(-c4csc(C)n4)c3)CC2=O)cc1Cl. The molecule has 0 aliphatic carbocycles. The second-order valence-electron chi connectivity index (χ2n) is 7.39. The van der Waals surface area contributed by atoms with Crippen molar-refractivity contribution in [3.63, 3.8) is 0 Å². The molecule has 32 heavy (non-hydrogen) atoms. The lowest BCUT2D eigenvalue weighted by Crippen LogP contribution is -2.28. The van der Waals surface area contributed by atoms with Crippen LogP contribution in [0.3, 0.4) is 0 Å². The summed E-state index contributed by atoms with van der Waals surface area (Å²) < 4.78 is 10.6. The second-order valence-corrected chi connectivity index (χ2v) is 8.86. The summed E-state index contributed by atoms with van der Waals surface area (Å²) in [5.74, 6) is 0.0102. The van der Waals surface area contributed by atoms with Crippen LogP contribution in [0, 0.1) is 12.8 Å². The van der Waals surface area contributed by atoms with Gasteiger partial charge in [-0.3, -0.25) is 9.59 Å². The Morgan fingerprint density at radius 3 is 2.69 bits per heavy atom. The molecular formula is C23H22ClN3O4S. The van der Waals surface area contributed by atoms with Gasteiger partial charge in [0.05, 0.1) is 41.5 Å². The van der Waals surface area contributed by atoms with Crippen molar-refractivity contribution in [3.8, 4) is 22.8 Å². The van der Waals surface area contributed by atoms with Gasteiger partial charge >= 0.3 is 0 Å². The number of nitrogens with one attached hydrogen (secondary N) is 1. The lowest BCUT2D eigenvalue weighted by Gasteiger charge is -2.21. The molecule has 1 aromatic heterocycles. The molecule has 2 amide bonds. The van der Waals surface area contributed by atoms with Crippen LogP contribution in [0.15, 0.2) is 41.8 Å². The minimum Gasteiger partial charge on any atom is -0.495 e. The highest BCUT2D eigenvalue weighted by Crippen LogP contribution is 2.40. The number of benzene rings is 2. The summed E-state index contributed by atoms with van der Waals surface area (Å²) in [6.45, 7) is 2.18. The Hall–Kier alpha value is -3.10. The third-order valence-corrected chi connectivity index (χ3v) is 6.35. The predicted octanol–water partition coefficient (Wildman–Crippen LogP) is 4.78. The number of carbonyl (C=O) groups excluding carboxylic acids is 2. The van der Waals surface area contributed by atoms with E-state index in [9.17, 15) is 9.59 Å². The van der Waals surface area contributed by atoms with Crippen LogP contribution < -0.4 is 19.7 Å². The number of nitrogens with zero attached hydrogens (tertiary/aromatic N) is 2. The van der Waals surface area contributed by atoms with Crippen molar-refractivity contribution in [2.75, 3.05) is 31.0 Å². The summed E-state index contributed by atoms with van der Waals surface area (Å²) >= 11 is 7.83. The first kappa shape index (κ1) is 22.1. The van der Waals surface area contributed by atoms with Gasteiger partial charge in [0, 0.05) is 35.7 Å². The van der Waals surface area contributed by atoms with Crippen molar-refractivity contribution in [2.45, 2.75) is 13.3 Å². The molecule has 1 N–H and O–H groups in total. The summed E-state index contributed by atoms with van der Waals surface area (Å²) in [6, 6.07) is 10.8. The van der Waals surface area contributed by atoms with Gasteiger partial charge in [0.1, 0.15) is 11.5 Å². The van der Waals surface area contributed by atoms with Gasteiger partial charge in [-0.1, -0.05) is 23.7 Å². The molecule has 7 nitrogen and oxygen atoms in total. The number of carbonyl (C=O) groups is 2. The van der Waals surface area contributed by atoms with E-state index in [1.807, 2.05) is 36.6 Å². The van der Waals surface area contributed by atoms with E-state index in [1.165, 1.54) is 19.1 Å². The number of aryl methyl sites for hydroxylation is 1. The molecule has 4 rings (SSSR count). The normalized spacial score (nSPS) is 15.7. The first-order valence-corrected chi connectivity index (χ1v) is 11.2. The zero-order valence-electron chi connectivity index (χ0n) is 17.8. The Kier molecular flexibility index (Phi) is 6.34. The van der Waals surface area contributed by atoms with Crippen LogP contribution in [0.4, 0.5) is 11.4 Å². The molecule has 1 atom stereocenters. The first-order chi connectivity index (χ1) is 15.4.